The molecule has 2 rings (SSSR count). The molecule has 1 aromatic heterocycles. The number of hydrazine groups is 1. The maximum Gasteiger partial charge on any atom is 0.311 e. The summed E-state index contributed by atoms with van der Waals surface area (Å²) in [4.78, 5) is 13.3. The summed E-state index contributed by atoms with van der Waals surface area (Å²) in [5.41, 5.74) is 1.25. The van der Waals surface area contributed by atoms with Gasteiger partial charge in [0.2, 0.25) is 5.75 Å². The first-order chi connectivity index (χ1) is 9.92. The molecule has 21 heavy (non-hydrogen) atoms. The van der Waals surface area contributed by atoms with Gasteiger partial charge < -0.3 is 10.2 Å². The normalized spacial score (nSPS) is 10.3. The Morgan fingerprint density at radius 2 is 1.95 bits per heavy atom. The number of nitrogens with two attached hydrogens (primary N) is 1. The lowest BCUT2D eigenvalue weighted by molar-refractivity contribution is -0.385. The molecule has 110 valence electrons. The van der Waals surface area contributed by atoms with Crippen molar-refractivity contribution in [3.05, 3.63) is 51.8 Å². The molecule has 0 saturated heterocycles. The smallest absolute Gasteiger partial charge is 0.311 e. The van der Waals surface area contributed by atoms with Gasteiger partial charge in [-0.1, -0.05) is 0 Å². The van der Waals surface area contributed by atoms with Gasteiger partial charge in [0.25, 0.3) is 5.88 Å². The molecule has 0 fully saturated rings. The van der Waals surface area contributed by atoms with E-state index in [4.69, 9.17) is 10.6 Å². The molecule has 1 heterocycles. The number of nitro benzene ring substituents is 1. The van der Waals surface area contributed by atoms with Crippen molar-refractivity contribution in [2.24, 2.45) is 5.84 Å². The number of nitro groups is 1. The molecule has 0 radical (unpaired) electrons. The van der Waals surface area contributed by atoms with E-state index in [9.17, 15) is 23.3 Å². The second-order valence-electron chi connectivity index (χ2n) is 3.72. The first-order valence-electron chi connectivity index (χ1n) is 5.37. The van der Waals surface area contributed by atoms with E-state index < -0.39 is 45.5 Å². The predicted octanol–water partition coefficient (Wildman–Crippen LogP) is 2.49. The number of nitrogens with zero attached hydrogens (tertiary/aromatic N) is 2. The Morgan fingerprint density at radius 1 is 1.24 bits per heavy atom. The molecule has 0 atom stereocenters. The Hall–Kier alpha value is -2.88. The highest BCUT2D eigenvalue weighted by atomic mass is 19.1. The van der Waals surface area contributed by atoms with Crippen LogP contribution in [-0.4, -0.2) is 9.91 Å². The van der Waals surface area contributed by atoms with Crippen LogP contribution in [0.5, 0.6) is 11.6 Å². The van der Waals surface area contributed by atoms with Crippen LogP contribution in [0, 0.1) is 27.6 Å². The zero-order chi connectivity index (χ0) is 15.6. The third-order valence-corrected chi connectivity index (χ3v) is 2.36. The van der Waals surface area contributed by atoms with Crippen LogP contribution in [0.1, 0.15) is 0 Å². The minimum absolute atomic E-state index is 0.419. The number of halogens is 3. The van der Waals surface area contributed by atoms with Crippen LogP contribution in [-0.2, 0) is 0 Å². The molecule has 0 bridgehead atoms. The van der Waals surface area contributed by atoms with Crippen LogP contribution in [0.25, 0.3) is 0 Å². The van der Waals surface area contributed by atoms with Crippen molar-refractivity contribution in [2.45, 2.75) is 0 Å². The van der Waals surface area contributed by atoms with Gasteiger partial charge in [0, 0.05) is 18.2 Å². The van der Waals surface area contributed by atoms with Crippen molar-refractivity contribution in [1.82, 2.24) is 4.98 Å². The van der Waals surface area contributed by atoms with Gasteiger partial charge in [-0.05, 0) is 6.07 Å². The highest BCUT2D eigenvalue weighted by Gasteiger charge is 2.20. The van der Waals surface area contributed by atoms with Gasteiger partial charge in [-0.25, -0.2) is 19.0 Å². The molecular formula is C11H7F3N4O3. The molecule has 3 N–H and O–H groups in total. The highest BCUT2D eigenvalue weighted by Crippen LogP contribution is 2.33. The number of nitrogen functional groups attached to an aromatic ring is 1. The number of nitrogens with one attached hydrogen (secondary N) is 1. The number of aromatic nitrogens is 1. The average molecular weight is 300 g/mol. The second kappa shape index (κ2) is 5.63. The quantitative estimate of drug-likeness (QED) is 0.511. The summed E-state index contributed by atoms with van der Waals surface area (Å²) < 4.78 is 44.7. The summed E-state index contributed by atoms with van der Waals surface area (Å²) in [5, 5.41) is 10.8. The lowest BCUT2D eigenvalue weighted by Crippen LogP contribution is -2.11. The fourth-order valence-corrected chi connectivity index (χ4v) is 1.45. The number of pyridine rings is 1. The van der Waals surface area contributed by atoms with E-state index in [1.54, 1.807) is 0 Å². The fourth-order valence-electron chi connectivity index (χ4n) is 1.45. The maximum atomic E-state index is 13.5. The maximum absolute atomic E-state index is 13.5. The summed E-state index contributed by atoms with van der Waals surface area (Å²) in [6, 6.07) is 2.78. The molecule has 1 aromatic carbocycles. The molecule has 0 unspecified atom stereocenters. The number of benzene rings is 1. The van der Waals surface area contributed by atoms with Crippen LogP contribution in [0.15, 0.2) is 24.3 Å². The Morgan fingerprint density at radius 3 is 2.57 bits per heavy atom. The lowest BCUT2D eigenvalue weighted by atomic mass is 10.3. The minimum atomic E-state index is -1.23. The zero-order valence-electron chi connectivity index (χ0n) is 10.1. The predicted molar refractivity (Wildman–Crippen MR) is 65.1 cm³/mol. The first-order valence-corrected chi connectivity index (χ1v) is 5.37. The zero-order valence-corrected chi connectivity index (χ0v) is 10.1. The molecule has 0 aliphatic heterocycles. The molecule has 0 aliphatic rings. The number of anilines is 1. The Bertz CT molecular complexity index is 711. The summed E-state index contributed by atoms with van der Waals surface area (Å²) in [6.45, 7) is 0. The molecule has 0 amide bonds. The van der Waals surface area contributed by atoms with Crippen LogP contribution >= 0.6 is 0 Å². The number of rotatable bonds is 4. The standard InChI is InChI=1S/C11H7F3N4O3/c12-5-1-2-8(18(19)20)9(3-5)21-11-7(14)4-6(13)10(16-11)17-15/h1-4H,15H2,(H,16,17). The van der Waals surface area contributed by atoms with Gasteiger partial charge in [-0.15, -0.1) is 0 Å². The Balaban J connectivity index is 2.47. The number of hydrogen-bond donors (Lipinski definition) is 2. The van der Waals surface area contributed by atoms with E-state index in [0.29, 0.717) is 12.1 Å². The molecule has 10 heteroatoms. The van der Waals surface area contributed by atoms with Crippen molar-refractivity contribution in [2.75, 3.05) is 5.43 Å². The second-order valence-corrected chi connectivity index (χ2v) is 3.72. The summed E-state index contributed by atoms with van der Waals surface area (Å²) in [7, 11) is 0. The summed E-state index contributed by atoms with van der Waals surface area (Å²) >= 11 is 0. The van der Waals surface area contributed by atoms with Crippen LogP contribution in [0.2, 0.25) is 0 Å². The third kappa shape index (κ3) is 3.00. The Labute approximate surface area is 115 Å². The van der Waals surface area contributed by atoms with E-state index in [1.165, 1.54) is 0 Å². The monoisotopic (exact) mass is 300 g/mol. The SMILES string of the molecule is NNc1nc(Oc2cc(F)ccc2[N+](=O)[O-])c(F)cc1F. The van der Waals surface area contributed by atoms with Gasteiger partial charge >= 0.3 is 5.69 Å². The van der Waals surface area contributed by atoms with Crippen molar-refractivity contribution < 1.29 is 22.8 Å². The number of hydrogen-bond acceptors (Lipinski definition) is 6. The van der Waals surface area contributed by atoms with E-state index in [0.717, 1.165) is 12.1 Å². The van der Waals surface area contributed by atoms with Crippen molar-refractivity contribution in [1.29, 1.82) is 0 Å². The van der Waals surface area contributed by atoms with E-state index >= 15 is 0 Å². The lowest BCUT2D eigenvalue weighted by Gasteiger charge is -2.08. The third-order valence-electron chi connectivity index (χ3n) is 2.36. The first kappa shape index (κ1) is 14.5. The van der Waals surface area contributed by atoms with Crippen LogP contribution < -0.4 is 16.0 Å². The van der Waals surface area contributed by atoms with Gasteiger partial charge in [-0.2, -0.15) is 4.98 Å². The molecule has 0 aliphatic carbocycles. The van der Waals surface area contributed by atoms with E-state index in [2.05, 4.69) is 4.98 Å². The average Bonchev–Trinajstić information content (AvgIpc) is 2.41. The summed E-state index contributed by atoms with van der Waals surface area (Å²) in [6.07, 6.45) is 0. The summed E-state index contributed by atoms with van der Waals surface area (Å²) in [5.74, 6) is -0.102. The van der Waals surface area contributed by atoms with Crippen molar-refractivity contribution in [3.8, 4) is 11.6 Å². The molecule has 2 aromatic rings. The van der Waals surface area contributed by atoms with Gasteiger partial charge in [0.05, 0.1) is 4.92 Å². The molecule has 7 nitrogen and oxygen atoms in total. The van der Waals surface area contributed by atoms with Crippen molar-refractivity contribution >= 4 is 11.5 Å². The fraction of sp³-hybridized carbons (Fsp3) is 0. The van der Waals surface area contributed by atoms with Crippen molar-refractivity contribution in [3.63, 3.8) is 0 Å². The van der Waals surface area contributed by atoms with Gasteiger partial charge in [0.1, 0.15) is 5.82 Å². The number of ether oxygens (including phenoxy) is 1. The minimum Gasteiger partial charge on any atom is -0.429 e. The Kier molecular flexibility index (Phi) is 3.89. The molecule has 0 spiro atoms. The van der Waals surface area contributed by atoms with E-state index in [1.807, 2.05) is 5.43 Å². The highest BCUT2D eigenvalue weighted by molar-refractivity contribution is 5.48. The van der Waals surface area contributed by atoms with Crippen LogP contribution in [0.3, 0.4) is 0 Å². The molecule has 0 saturated carbocycles. The van der Waals surface area contributed by atoms with E-state index in [-0.39, 0.29) is 0 Å². The topological polar surface area (TPSA) is 103 Å². The molecular weight excluding hydrogens is 293 g/mol. The largest absolute Gasteiger partial charge is 0.429 e. The van der Waals surface area contributed by atoms with Gasteiger partial charge in [0.15, 0.2) is 17.5 Å². The van der Waals surface area contributed by atoms with Gasteiger partial charge in [-0.3, -0.25) is 10.1 Å². The van der Waals surface area contributed by atoms with Crippen LogP contribution in [0.4, 0.5) is 24.7 Å².